The number of aliphatic hydroxyl groups is 1. The molecule has 0 radical (unpaired) electrons. The molecule has 0 saturated carbocycles. The van der Waals surface area contributed by atoms with E-state index in [1.807, 2.05) is 0 Å². The summed E-state index contributed by atoms with van der Waals surface area (Å²) in [7, 11) is 0. The Morgan fingerprint density at radius 2 is 1.28 bits per heavy atom. The second-order valence-electron chi connectivity index (χ2n) is 8.94. The predicted molar refractivity (Wildman–Crippen MR) is 124 cm³/mol. The average Bonchev–Trinajstić information content (AvgIpc) is 3.06. The Hall–Kier alpha value is -0.0200. The van der Waals surface area contributed by atoms with Gasteiger partial charge in [0.15, 0.2) is 13.1 Å². The molecule has 5 N–H and O–H groups in total. The average molecular weight is 470 g/mol. The molecule has 0 saturated heterocycles. The number of amidine groups is 1. The van der Waals surface area contributed by atoms with Gasteiger partial charge in [0.2, 0.25) is 0 Å². The molecule has 0 aromatic heterocycles. The van der Waals surface area contributed by atoms with Gasteiger partial charge < -0.3 is 21.2 Å². The van der Waals surface area contributed by atoms with Crippen LogP contribution in [-0.2, 0) is 4.79 Å². The molecule has 0 bridgehead atoms. The Morgan fingerprint density at radius 1 is 0.844 bits per heavy atom. The Morgan fingerprint density at radius 3 is 1.69 bits per heavy atom. The number of nitrogens with one attached hydrogen (secondary N) is 1. The number of aliphatic hydroxyl groups excluding tert-OH is 1. The van der Waals surface area contributed by atoms with E-state index in [1.54, 1.807) is 0 Å². The van der Waals surface area contributed by atoms with Crippen molar-refractivity contribution in [3.8, 4) is 0 Å². The number of hydrogen-bond acceptors (Lipinski definition) is 4. The van der Waals surface area contributed by atoms with Gasteiger partial charge in [-0.05, 0) is 6.42 Å². The molecule has 1 atom stereocenters. The number of hydrogen-bond donors (Lipinski definition) is 3. The Balaban J connectivity index is -0.00000280. The largest absolute Gasteiger partial charge is 1.00 e. The fourth-order valence-corrected chi connectivity index (χ4v) is 4.66. The monoisotopic (exact) mass is 469 g/mol. The van der Waals surface area contributed by atoms with E-state index in [9.17, 15) is 15.0 Å². The van der Waals surface area contributed by atoms with Crippen molar-refractivity contribution in [1.82, 2.24) is 0 Å². The topological polar surface area (TPSA) is 132 Å². The van der Waals surface area contributed by atoms with Crippen LogP contribution in [0.1, 0.15) is 110 Å². The first kappa shape index (κ1) is 36.5. The van der Waals surface area contributed by atoms with Crippen LogP contribution in [0.4, 0.5) is 0 Å². The second kappa shape index (κ2) is 24.1. The van der Waals surface area contributed by atoms with Crippen LogP contribution in [0.5, 0.6) is 0 Å². The Kier molecular flexibility index (Phi) is 27.5. The van der Waals surface area contributed by atoms with Crippen molar-refractivity contribution in [3.63, 3.8) is 0 Å². The molecule has 0 aliphatic carbocycles. The summed E-state index contributed by atoms with van der Waals surface area (Å²) in [5.74, 6) is 0.340. The van der Waals surface area contributed by atoms with Crippen molar-refractivity contribution in [2.24, 2.45) is 0 Å². The smallest absolute Gasteiger partial charge is 0.870 e. The van der Waals surface area contributed by atoms with Crippen LogP contribution in [-0.4, -0.2) is 70.2 Å². The van der Waals surface area contributed by atoms with Crippen LogP contribution in [0.2, 0.25) is 0 Å². The summed E-state index contributed by atoms with van der Waals surface area (Å²) in [5, 5.41) is 18.6. The third-order valence-corrected chi connectivity index (χ3v) is 6.42. The van der Waals surface area contributed by atoms with Gasteiger partial charge in [0.1, 0.15) is 13.1 Å². The molecule has 186 valence electrons. The molecule has 32 heavy (non-hydrogen) atoms. The van der Waals surface area contributed by atoms with E-state index in [0.717, 1.165) is 31.8 Å². The van der Waals surface area contributed by atoms with Gasteiger partial charge in [-0.25, -0.2) is 9.28 Å². The van der Waals surface area contributed by atoms with Crippen LogP contribution in [0, 0.1) is 0 Å². The van der Waals surface area contributed by atoms with Crippen molar-refractivity contribution < 1.29 is 65.0 Å². The van der Waals surface area contributed by atoms with Crippen LogP contribution in [0.15, 0.2) is 0 Å². The maximum absolute atomic E-state index is 11.3. The van der Waals surface area contributed by atoms with Crippen molar-refractivity contribution in [2.75, 3.05) is 32.8 Å². The molecule has 1 heterocycles. The number of carboxylic acids is 1. The SMILES string of the molecule is CCCCCCCCCCCCCCCCCC1=[NH+]CC[N+]1(CCO)CC(=O)O.[Na+].[OH-].[OH-]. The first-order valence-electron chi connectivity index (χ1n) is 12.4. The van der Waals surface area contributed by atoms with Crippen LogP contribution < -0.4 is 34.5 Å². The number of rotatable bonds is 20. The van der Waals surface area contributed by atoms with Gasteiger partial charge in [-0.2, -0.15) is 4.99 Å². The second-order valence-corrected chi connectivity index (χ2v) is 8.94. The van der Waals surface area contributed by atoms with E-state index in [0.29, 0.717) is 11.0 Å². The Labute approximate surface area is 218 Å². The molecular weight excluding hydrogens is 419 g/mol. The zero-order chi connectivity index (χ0) is 21.2. The maximum atomic E-state index is 11.3. The zero-order valence-electron chi connectivity index (χ0n) is 21.0. The molecule has 8 heteroatoms. The van der Waals surface area contributed by atoms with E-state index in [1.165, 1.54) is 89.9 Å². The van der Waals surface area contributed by atoms with Crippen LogP contribution in [0.3, 0.4) is 0 Å². The fraction of sp³-hybridized carbons (Fsp3) is 0.917. The third-order valence-electron chi connectivity index (χ3n) is 6.42. The number of quaternary nitrogens is 1. The first-order chi connectivity index (χ1) is 14.1. The molecule has 1 aliphatic rings. The molecule has 0 amide bonds. The summed E-state index contributed by atoms with van der Waals surface area (Å²) in [4.78, 5) is 14.7. The van der Waals surface area contributed by atoms with E-state index in [2.05, 4.69) is 11.9 Å². The zero-order valence-corrected chi connectivity index (χ0v) is 23.0. The van der Waals surface area contributed by atoms with Gasteiger partial charge in [0.05, 0.1) is 13.0 Å². The normalized spacial score (nSPS) is 17.1. The third kappa shape index (κ3) is 16.6. The first-order valence-corrected chi connectivity index (χ1v) is 12.4. The molecule has 7 nitrogen and oxygen atoms in total. The van der Waals surface area contributed by atoms with Crippen LogP contribution >= 0.6 is 0 Å². The number of aliphatic carboxylic acids is 1. The summed E-state index contributed by atoms with van der Waals surface area (Å²) < 4.78 is 0.421. The van der Waals surface area contributed by atoms with E-state index >= 15 is 0 Å². The van der Waals surface area contributed by atoms with Gasteiger partial charge in [-0.15, -0.1) is 0 Å². The standard InChI is InChI=1S/C24H46N2O3.Na.2H2O/c1-2-3-4-5-6-7-8-9-10-11-12-13-14-15-16-17-23-25-18-19-26(23,20-21-27)22-24(28)29;;;/h27H,2-22H2,1H3;;2*1H2/q;+1;;. The molecule has 1 unspecified atom stereocenters. The molecule has 0 aromatic carbocycles. The van der Waals surface area contributed by atoms with E-state index in [-0.39, 0.29) is 53.7 Å². The number of carboxylic acid groups (broad SMARTS) is 1. The van der Waals surface area contributed by atoms with Gasteiger partial charge in [-0.3, -0.25) is 0 Å². The summed E-state index contributed by atoms with van der Waals surface area (Å²) >= 11 is 0. The Bertz CT molecular complexity index is 466. The quantitative estimate of drug-likeness (QED) is 0.134. The number of nitrogens with zero attached hydrogens (tertiary/aromatic N) is 1. The number of carbonyl (C=O) groups is 1. The van der Waals surface area contributed by atoms with Crippen molar-refractivity contribution in [2.45, 2.75) is 110 Å². The van der Waals surface area contributed by atoms with Gasteiger partial charge in [0.25, 0.3) is 0 Å². The van der Waals surface area contributed by atoms with Crippen molar-refractivity contribution >= 4 is 11.8 Å². The maximum Gasteiger partial charge on any atom is 1.00 e. The summed E-state index contributed by atoms with van der Waals surface area (Å²) in [5.41, 5.74) is 0. The summed E-state index contributed by atoms with van der Waals surface area (Å²) in [6.07, 6.45) is 21.3. The van der Waals surface area contributed by atoms with E-state index in [4.69, 9.17) is 0 Å². The molecule has 0 fully saturated rings. The van der Waals surface area contributed by atoms with Crippen molar-refractivity contribution in [3.05, 3.63) is 0 Å². The van der Waals surface area contributed by atoms with Gasteiger partial charge in [-0.1, -0.05) is 96.8 Å². The van der Waals surface area contributed by atoms with Crippen LogP contribution in [0.25, 0.3) is 0 Å². The fourth-order valence-electron chi connectivity index (χ4n) is 4.66. The molecule has 1 rings (SSSR count). The molecule has 1 aliphatic heterocycles. The summed E-state index contributed by atoms with van der Waals surface area (Å²) in [6, 6.07) is 0. The summed E-state index contributed by atoms with van der Waals surface area (Å²) in [6.45, 7) is 4.51. The predicted octanol–water partition coefficient (Wildman–Crippen LogP) is 0.285. The minimum absolute atomic E-state index is 0. The van der Waals surface area contributed by atoms with Crippen molar-refractivity contribution in [1.29, 1.82) is 0 Å². The molecule has 0 spiro atoms. The van der Waals surface area contributed by atoms with Gasteiger partial charge in [0, 0.05) is 0 Å². The van der Waals surface area contributed by atoms with Gasteiger partial charge >= 0.3 is 41.4 Å². The minimum Gasteiger partial charge on any atom is -0.870 e. The number of unbranched alkanes of at least 4 members (excludes halogenated alkanes) is 14. The molecular formula is C24H50N2NaO5+. The van der Waals surface area contributed by atoms with E-state index < -0.39 is 5.97 Å². The minimum atomic E-state index is -0.781. The molecule has 0 aromatic rings.